The van der Waals surface area contributed by atoms with Crippen LogP contribution in [0.1, 0.15) is 11.1 Å². The van der Waals surface area contributed by atoms with E-state index in [0.717, 1.165) is 6.54 Å². The minimum absolute atomic E-state index is 0.918. The molecule has 88 valence electrons. The summed E-state index contributed by atoms with van der Waals surface area (Å²) in [5, 5.41) is 3.17. The highest BCUT2D eigenvalue weighted by atomic mass is 32.2. The Balaban J connectivity index is 2.17. The molecule has 0 radical (unpaired) electrons. The molecule has 17 heavy (non-hydrogen) atoms. The lowest BCUT2D eigenvalue weighted by molar-refractivity contribution is 0.815. The molecular formula is C14H16N2S. The maximum Gasteiger partial charge on any atom is 0.0279 e. The van der Waals surface area contributed by atoms with Crippen LogP contribution >= 0.6 is 11.8 Å². The molecule has 0 aliphatic heterocycles. The summed E-state index contributed by atoms with van der Waals surface area (Å²) in [7, 11) is 1.97. The molecule has 0 amide bonds. The molecule has 1 aromatic carbocycles. The van der Waals surface area contributed by atoms with E-state index in [1.54, 1.807) is 11.8 Å². The molecule has 0 aliphatic carbocycles. The molecule has 1 heterocycles. The van der Waals surface area contributed by atoms with Crippen LogP contribution in [-0.2, 0) is 6.54 Å². The highest BCUT2D eigenvalue weighted by molar-refractivity contribution is 7.99. The summed E-state index contributed by atoms with van der Waals surface area (Å²) in [4.78, 5) is 6.55. The second kappa shape index (κ2) is 5.84. The molecular weight excluding hydrogens is 228 g/mol. The van der Waals surface area contributed by atoms with Crippen LogP contribution in [0.3, 0.4) is 0 Å². The quantitative estimate of drug-likeness (QED) is 0.893. The second-order valence-corrected chi connectivity index (χ2v) is 5.03. The molecule has 0 atom stereocenters. The summed E-state index contributed by atoms with van der Waals surface area (Å²) < 4.78 is 0. The molecule has 0 aliphatic rings. The van der Waals surface area contributed by atoms with Crippen molar-refractivity contribution in [3.63, 3.8) is 0 Å². The van der Waals surface area contributed by atoms with Crippen molar-refractivity contribution in [2.24, 2.45) is 0 Å². The van der Waals surface area contributed by atoms with Crippen LogP contribution in [0.4, 0.5) is 0 Å². The van der Waals surface area contributed by atoms with Crippen molar-refractivity contribution in [2.75, 3.05) is 7.05 Å². The molecule has 0 saturated heterocycles. The maximum absolute atomic E-state index is 4.03. The third-order valence-corrected chi connectivity index (χ3v) is 3.68. The molecule has 0 fully saturated rings. The highest BCUT2D eigenvalue weighted by Crippen LogP contribution is 2.30. The zero-order chi connectivity index (χ0) is 12.1. The van der Waals surface area contributed by atoms with Gasteiger partial charge in [-0.05, 0) is 43.3 Å². The highest BCUT2D eigenvalue weighted by Gasteiger charge is 2.02. The zero-order valence-corrected chi connectivity index (χ0v) is 10.9. The van der Waals surface area contributed by atoms with Gasteiger partial charge in [-0.1, -0.05) is 23.9 Å². The fraction of sp³-hybridized carbons (Fsp3) is 0.214. The lowest BCUT2D eigenvalue weighted by Crippen LogP contribution is -2.05. The molecule has 0 spiro atoms. The number of benzene rings is 1. The molecule has 0 saturated carbocycles. The number of aryl methyl sites for hydroxylation is 1. The molecule has 2 nitrogen and oxygen atoms in total. The van der Waals surface area contributed by atoms with Crippen molar-refractivity contribution in [3.05, 3.63) is 53.9 Å². The topological polar surface area (TPSA) is 24.9 Å². The van der Waals surface area contributed by atoms with Gasteiger partial charge in [0.2, 0.25) is 0 Å². The molecule has 0 unspecified atom stereocenters. The van der Waals surface area contributed by atoms with Crippen LogP contribution in [-0.4, -0.2) is 12.0 Å². The number of aromatic nitrogens is 1. The third-order valence-electron chi connectivity index (χ3n) is 2.50. The predicted octanol–water partition coefficient (Wildman–Crippen LogP) is 3.26. The van der Waals surface area contributed by atoms with Crippen LogP contribution in [0.2, 0.25) is 0 Å². The van der Waals surface area contributed by atoms with E-state index in [1.165, 1.54) is 20.9 Å². The van der Waals surface area contributed by atoms with Gasteiger partial charge < -0.3 is 5.32 Å². The van der Waals surface area contributed by atoms with Gasteiger partial charge in [0, 0.05) is 28.7 Å². The van der Waals surface area contributed by atoms with Gasteiger partial charge in [-0.2, -0.15) is 0 Å². The fourth-order valence-electron chi connectivity index (χ4n) is 1.67. The van der Waals surface area contributed by atoms with Crippen LogP contribution in [0.15, 0.2) is 52.5 Å². The number of rotatable bonds is 4. The number of nitrogens with zero attached hydrogens (tertiary/aromatic N) is 1. The van der Waals surface area contributed by atoms with Crippen LogP contribution < -0.4 is 5.32 Å². The van der Waals surface area contributed by atoms with E-state index < -0.39 is 0 Å². The molecule has 1 aromatic heterocycles. The Morgan fingerprint density at radius 3 is 2.59 bits per heavy atom. The summed E-state index contributed by atoms with van der Waals surface area (Å²) in [6.45, 7) is 3.07. The van der Waals surface area contributed by atoms with Gasteiger partial charge in [0.15, 0.2) is 0 Å². The first kappa shape index (κ1) is 12.1. The largest absolute Gasteiger partial charge is 0.316 e. The summed E-state index contributed by atoms with van der Waals surface area (Å²) in [5.41, 5.74) is 2.64. The van der Waals surface area contributed by atoms with E-state index in [9.17, 15) is 0 Å². The third kappa shape index (κ3) is 3.32. The van der Waals surface area contributed by atoms with Crippen LogP contribution in [0, 0.1) is 6.92 Å². The second-order valence-electron chi connectivity index (χ2n) is 3.92. The Hall–Kier alpha value is -1.32. The van der Waals surface area contributed by atoms with Crippen molar-refractivity contribution in [3.8, 4) is 0 Å². The normalized spacial score (nSPS) is 10.5. The Kier molecular flexibility index (Phi) is 4.18. The average molecular weight is 244 g/mol. The van der Waals surface area contributed by atoms with E-state index in [-0.39, 0.29) is 0 Å². The number of pyridine rings is 1. The SMILES string of the molecule is CNCc1ccc(Sc2ccncc2)c(C)c1. The zero-order valence-electron chi connectivity index (χ0n) is 10.1. The summed E-state index contributed by atoms with van der Waals surface area (Å²) in [6.07, 6.45) is 3.65. The fourth-order valence-corrected chi connectivity index (χ4v) is 2.54. The van der Waals surface area contributed by atoms with Gasteiger partial charge in [-0.3, -0.25) is 4.98 Å². The van der Waals surface area contributed by atoms with E-state index in [4.69, 9.17) is 0 Å². The van der Waals surface area contributed by atoms with E-state index in [2.05, 4.69) is 35.4 Å². The number of hydrogen-bond donors (Lipinski definition) is 1. The predicted molar refractivity (Wildman–Crippen MR) is 72.3 cm³/mol. The lowest BCUT2D eigenvalue weighted by atomic mass is 10.1. The van der Waals surface area contributed by atoms with Crippen molar-refractivity contribution < 1.29 is 0 Å². The molecule has 0 bridgehead atoms. The van der Waals surface area contributed by atoms with E-state index in [0.29, 0.717) is 0 Å². The lowest BCUT2D eigenvalue weighted by Gasteiger charge is -2.08. The molecule has 1 N–H and O–H groups in total. The Morgan fingerprint density at radius 1 is 1.18 bits per heavy atom. The summed E-state index contributed by atoms with van der Waals surface area (Å²) in [6, 6.07) is 10.7. The molecule has 3 heteroatoms. The van der Waals surface area contributed by atoms with Gasteiger partial charge >= 0.3 is 0 Å². The van der Waals surface area contributed by atoms with E-state index in [1.807, 2.05) is 31.6 Å². The number of nitrogens with one attached hydrogen (secondary N) is 1. The van der Waals surface area contributed by atoms with Gasteiger partial charge in [-0.15, -0.1) is 0 Å². The minimum Gasteiger partial charge on any atom is -0.316 e. The van der Waals surface area contributed by atoms with Crippen molar-refractivity contribution >= 4 is 11.8 Å². The van der Waals surface area contributed by atoms with Gasteiger partial charge in [-0.25, -0.2) is 0 Å². The van der Waals surface area contributed by atoms with Crippen molar-refractivity contribution in [2.45, 2.75) is 23.3 Å². The minimum atomic E-state index is 0.918. The smallest absolute Gasteiger partial charge is 0.0279 e. The molecule has 2 aromatic rings. The molecule has 2 rings (SSSR count). The summed E-state index contributed by atoms with van der Waals surface area (Å²) in [5.74, 6) is 0. The Labute approximate surface area is 106 Å². The standard InChI is InChI=1S/C14H16N2S/c1-11-9-12(10-15-2)3-4-14(11)17-13-5-7-16-8-6-13/h3-9,15H,10H2,1-2H3. The first-order chi connectivity index (χ1) is 8.29. The van der Waals surface area contributed by atoms with Crippen LogP contribution in [0.5, 0.6) is 0 Å². The first-order valence-electron chi connectivity index (χ1n) is 5.61. The average Bonchev–Trinajstić information content (AvgIpc) is 2.34. The van der Waals surface area contributed by atoms with Crippen molar-refractivity contribution in [1.29, 1.82) is 0 Å². The maximum atomic E-state index is 4.03. The Bertz CT molecular complexity index is 483. The van der Waals surface area contributed by atoms with Gasteiger partial charge in [0.25, 0.3) is 0 Å². The van der Waals surface area contributed by atoms with E-state index >= 15 is 0 Å². The Morgan fingerprint density at radius 2 is 1.94 bits per heavy atom. The van der Waals surface area contributed by atoms with Crippen LogP contribution in [0.25, 0.3) is 0 Å². The first-order valence-corrected chi connectivity index (χ1v) is 6.43. The number of hydrogen-bond acceptors (Lipinski definition) is 3. The summed E-state index contributed by atoms with van der Waals surface area (Å²) >= 11 is 1.78. The van der Waals surface area contributed by atoms with Crippen molar-refractivity contribution in [1.82, 2.24) is 10.3 Å². The van der Waals surface area contributed by atoms with Gasteiger partial charge in [0.05, 0.1) is 0 Å². The van der Waals surface area contributed by atoms with Gasteiger partial charge in [0.1, 0.15) is 0 Å². The monoisotopic (exact) mass is 244 g/mol.